The minimum Gasteiger partial charge on any atom is -0.309 e. The highest BCUT2D eigenvalue weighted by atomic mass is 15.0. The molecule has 0 saturated heterocycles. The third-order valence-electron chi connectivity index (χ3n) is 14.2. The number of nitrogens with zero attached hydrogens (tertiary/aromatic N) is 5. The molecule has 0 fully saturated rings. The summed E-state index contributed by atoms with van der Waals surface area (Å²) < 4.78 is 4.95. The minimum absolute atomic E-state index is 0.602. The van der Waals surface area contributed by atoms with E-state index in [1.54, 1.807) is 0 Å². The number of fused-ring (bicyclic) bond motifs is 8. The summed E-state index contributed by atoms with van der Waals surface area (Å²) in [5, 5.41) is 4.69. The lowest BCUT2D eigenvalue weighted by atomic mass is 9.63. The molecular weight excluding hydrogens is 863 g/mol. The van der Waals surface area contributed by atoms with E-state index in [4.69, 9.17) is 15.0 Å². The summed E-state index contributed by atoms with van der Waals surface area (Å²) in [7, 11) is 0. The lowest BCUT2D eigenvalue weighted by Gasteiger charge is -2.42. The molecule has 12 aromatic rings. The Morgan fingerprint density at radius 3 is 1.76 bits per heavy atom. The van der Waals surface area contributed by atoms with Gasteiger partial charge in [-0.2, -0.15) is 0 Å². The first kappa shape index (κ1) is 42.0. The van der Waals surface area contributed by atoms with Crippen molar-refractivity contribution in [2.24, 2.45) is 0 Å². The lowest BCUT2D eigenvalue weighted by Crippen LogP contribution is -2.35. The second kappa shape index (κ2) is 17.1. The van der Waals surface area contributed by atoms with Crippen LogP contribution >= 0.6 is 0 Å². The Bertz CT molecular complexity index is 4060. The van der Waals surface area contributed by atoms with Crippen LogP contribution in [0.5, 0.6) is 0 Å². The molecule has 4 heterocycles. The largest absolute Gasteiger partial charge is 0.309 e. The summed E-state index contributed by atoms with van der Waals surface area (Å²) in [6.45, 7) is 4.05. The highest BCUT2D eigenvalue weighted by Crippen LogP contribution is 2.55. The normalized spacial score (nSPS) is 13.3. The van der Waals surface area contributed by atoms with E-state index in [1.165, 1.54) is 38.6 Å². The monoisotopic (exact) mass is 909 g/mol. The fourth-order valence-corrected chi connectivity index (χ4v) is 11.2. The molecule has 0 unspecified atom stereocenters. The van der Waals surface area contributed by atoms with Crippen molar-refractivity contribution in [3.63, 3.8) is 0 Å². The zero-order valence-electron chi connectivity index (χ0n) is 39.4. The summed E-state index contributed by atoms with van der Waals surface area (Å²) in [6.07, 6.45) is 10.2. The molecule has 5 nitrogen and oxygen atoms in total. The van der Waals surface area contributed by atoms with E-state index in [0.29, 0.717) is 17.5 Å². The topological polar surface area (TPSA) is 48.5 Å². The SMILES string of the molecule is C\C=C/C=C(\C=C/C)c1nc(-c2ccccc2)nc(-c2cc3c4c(c2)c2cc(-n5c6ccccc6c6ccc(-c7ccccc7)cc65)ccc2n4-c2ccccc2C3(c2ccccc2)c2ccccc2)n1. The van der Waals surface area contributed by atoms with Crippen LogP contribution in [-0.4, -0.2) is 24.1 Å². The van der Waals surface area contributed by atoms with Crippen molar-refractivity contribution in [1.82, 2.24) is 24.1 Å². The second-order valence-corrected chi connectivity index (χ2v) is 18.2. The number of benzene rings is 9. The Morgan fingerprint density at radius 2 is 1.04 bits per heavy atom. The number of para-hydroxylation sites is 2. The lowest BCUT2D eigenvalue weighted by molar-refractivity contribution is 0.728. The predicted molar refractivity (Wildman–Crippen MR) is 294 cm³/mol. The summed E-state index contributed by atoms with van der Waals surface area (Å²) in [6, 6.07) is 79.3. The van der Waals surface area contributed by atoms with Crippen LogP contribution in [0.3, 0.4) is 0 Å². The van der Waals surface area contributed by atoms with Gasteiger partial charge in [0.2, 0.25) is 0 Å². The van der Waals surface area contributed by atoms with Crippen molar-refractivity contribution in [3.8, 4) is 45.3 Å². The summed E-state index contributed by atoms with van der Waals surface area (Å²) in [5.74, 6) is 1.82. The first-order valence-electron chi connectivity index (χ1n) is 24.3. The molecule has 71 heavy (non-hydrogen) atoms. The quantitative estimate of drug-likeness (QED) is 0.136. The Morgan fingerprint density at radius 1 is 0.423 bits per heavy atom. The van der Waals surface area contributed by atoms with Gasteiger partial charge in [-0.3, -0.25) is 0 Å². The van der Waals surface area contributed by atoms with Crippen molar-refractivity contribution in [2.45, 2.75) is 19.3 Å². The van der Waals surface area contributed by atoms with Crippen molar-refractivity contribution in [2.75, 3.05) is 0 Å². The molecule has 0 N–H and O–H groups in total. The molecule has 5 heteroatoms. The van der Waals surface area contributed by atoms with E-state index < -0.39 is 5.41 Å². The van der Waals surface area contributed by atoms with Gasteiger partial charge in [0.15, 0.2) is 17.5 Å². The predicted octanol–water partition coefficient (Wildman–Crippen LogP) is 16.3. The maximum Gasteiger partial charge on any atom is 0.164 e. The molecule has 3 aromatic heterocycles. The smallest absolute Gasteiger partial charge is 0.164 e. The first-order chi connectivity index (χ1) is 35.1. The highest BCUT2D eigenvalue weighted by molar-refractivity contribution is 6.15. The Hall–Kier alpha value is -9.19. The van der Waals surface area contributed by atoms with E-state index in [1.807, 2.05) is 50.3 Å². The van der Waals surface area contributed by atoms with Gasteiger partial charge in [0, 0.05) is 43.9 Å². The van der Waals surface area contributed by atoms with Gasteiger partial charge in [0.05, 0.1) is 33.2 Å². The van der Waals surface area contributed by atoms with Gasteiger partial charge in [-0.05, 0) is 95.8 Å². The summed E-state index contributed by atoms with van der Waals surface area (Å²) >= 11 is 0. The third-order valence-corrected chi connectivity index (χ3v) is 14.2. The van der Waals surface area contributed by atoms with Crippen LogP contribution in [0.2, 0.25) is 0 Å². The third kappa shape index (κ3) is 6.65. The first-order valence-corrected chi connectivity index (χ1v) is 24.3. The van der Waals surface area contributed by atoms with Crippen LogP contribution in [0.1, 0.15) is 41.9 Å². The highest BCUT2D eigenvalue weighted by Gasteiger charge is 2.45. The van der Waals surface area contributed by atoms with Crippen molar-refractivity contribution < 1.29 is 0 Å². The molecule has 1 aliphatic heterocycles. The van der Waals surface area contributed by atoms with Gasteiger partial charge in [0.25, 0.3) is 0 Å². The molecule has 0 bridgehead atoms. The van der Waals surface area contributed by atoms with Crippen LogP contribution in [0, 0.1) is 0 Å². The zero-order valence-corrected chi connectivity index (χ0v) is 39.4. The fourth-order valence-electron chi connectivity index (χ4n) is 11.2. The second-order valence-electron chi connectivity index (χ2n) is 18.2. The Kier molecular flexibility index (Phi) is 10.1. The van der Waals surface area contributed by atoms with Gasteiger partial charge in [-0.25, -0.2) is 15.0 Å². The standard InChI is InChI=1S/C66H47N5/c1-3-5-23-45(22-4-2)63-67-64(46-26-12-7-13-27-46)69-65(68-63)48-40-55-54-43-51(70-58-34-20-18-32-52(58)53-38-36-47(42-61(53)70)44-24-10-6-11-25-44)37-39-59(54)71-60-35-21-19-33-56(60)66(57(41-48)62(55)71,49-28-14-8-15-29-49)50-30-16-9-17-31-50/h3-43H,1-2H3/b5-3-,22-4-,45-23+. The van der Waals surface area contributed by atoms with Gasteiger partial charge < -0.3 is 9.13 Å². The van der Waals surface area contributed by atoms with Gasteiger partial charge in [0.1, 0.15) is 0 Å². The summed E-state index contributed by atoms with van der Waals surface area (Å²) in [4.78, 5) is 15.9. The average Bonchev–Trinajstić information content (AvgIpc) is 3.95. The minimum atomic E-state index is -0.721. The van der Waals surface area contributed by atoms with Crippen LogP contribution in [-0.2, 0) is 5.41 Å². The molecule has 336 valence electrons. The van der Waals surface area contributed by atoms with Crippen molar-refractivity contribution in [3.05, 3.63) is 277 Å². The molecule has 1 aliphatic rings. The number of allylic oxidation sites excluding steroid dienone is 6. The van der Waals surface area contributed by atoms with Crippen molar-refractivity contribution >= 4 is 49.2 Å². The Balaban J connectivity index is 1.17. The molecule has 0 amide bonds. The van der Waals surface area contributed by atoms with Gasteiger partial charge >= 0.3 is 0 Å². The number of rotatable bonds is 9. The number of hydrogen-bond acceptors (Lipinski definition) is 3. The van der Waals surface area contributed by atoms with E-state index in [9.17, 15) is 0 Å². The van der Waals surface area contributed by atoms with E-state index >= 15 is 0 Å². The van der Waals surface area contributed by atoms with Gasteiger partial charge in [-0.15, -0.1) is 0 Å². The molecule has 0 spiro atoms. The number of hydrogen-bond donors (Lipinski definition) is 0. The molecule has 13 rings (SSSR count). The summed E-state index contributed by atoms with van der Waals surface area (Å²) in [5.41, 5.74) is 15.9. The zero-order chi connectivity index (χ0) is 47.5. The maximum atomic E-state index is 5.40. The fraction of sp³-hybridized carbons (Fsp3) is 0.0455. The van der Waals surface area contributed by atoms with E-state index in [-0.39, 0.29) is 0 Å². The van der Waals surface area contributed by atoms with Crippen LogP contribution < -0.4 is 0 Å². The molecule has 0 radical (unpaired) electrons. The number of aromatic nitrogens is 5. The van der Waals surface area contributed by atoms with Crippen LogP contribution in [0.4, 0.5) is 0 Å². The molecule has 9 aromatic carbocycles. The van der Waals surface area contributed by atoms with Crippen LogP contribution in [0.25, 0.3) is 94.5 Å². The molecular formula is C66H47N5. The Labute approximate surface area is 412 Å². The average molecular weight is 910 g/mol. The molecule has 0 aliphatic carbocycles. The van der Waals surface area contributed by atoms with E-state index in [2.05, 4.69) is 221 Å². The van der Waals surface area contributed by atoms with E-state index in [0.717, 1.165) is 66.5 Å². The maximum absolute atomic E-state index is 5.40. The van der Waals surface area contributed by atoms with Crippen molar-refractivity contribution in [1.29, 1.82) is 0 Å². The molecule has 0 saturated carbocycles. The van der Waals surface area contributed by atoms with Crippen LogP contribution in [0.15, 0.2) is 249 Å². The van der Waals surface area contributed by atoms with Gasteiger partial charge in [-0.1, -0.05) is 200 Å². The molecule has 0 atom stereocenters.